The SMILES string of the molecule is CCCn1c(N)c(C(=O)CSc2nncn2C(C)C)c(=O)n(C)c1=O. The topological polar surface area (TPSA) is 118 Å². The van der Waals surface area contributed by atoms with Gasteiger partial charge in [-0.3, -0.25) is 18.7 Å². The Labute approximate surface area is 148 Å². The second-order valence-corrected chi connectivity index (χ2v) is 6.83. The zero-order valence-electron chi connectivity index (χ0n) is 14.7. The van der Waals surface area contributed by atoms with Gasteiger partial charge in [0, 0.05) is 19.6 Å². The Morgan fingerprint density at radius 2 is 2.04 bits per heavy atom. The highest BCUT2D eigenvalue weighted by Crippen LogP contribution is 2.20. The number of nitrogen functional groups attached to an aromatic ring is 1. The number of rotatable bonds is 7. The quantitative estimate of drug-likeness (QED) is 0.565. The highest BCUT2D eigenvalue weighted by molar-refractivity contribution is 7.99. The van der Waals surface area contributed by atoms with Crippen LogP contribution in [0.15, 0.2) is 21.1 Å². The van der Waals surface area contributed by atoms with E-state index >= 15 is 0 Å². The Balaban J connectivity index is 2.35. The van der Waals surface area contributed by atoms with Crippen molar-refractivity contribution in [3.8, 4) is 0 Å². The molecule has 2 aromatic rings. The van der Waals surface area contributed by atoms with Crippen molar-refractivity contribution in [1.82, 2.24) is 23.9 Å². The molecule has 0 fully saturated rings. The van der Waals surface area contributed by atoms with Crippen LogP contribution >= 0.6 is 11.8 Å². The number of ketones is 1. The summed E-state index contributed by atoms with van der Waals surface area (Å²) in [7, 11) is 1.34. The molecule has 0 aromatic carbocycles. The van der Waals surface area contributed by atoms with Gasteiger partial charge >= 0.3 is 5.69 Å². The van der Waals surface area contributed by atoms with Crippen LogP contribution in [0.2, 0.25) is 0 Å². The summed E-state index contributed by atoms with van der Waals surface area (Å²) in [4.78, 5) is 37.1. The Morgan fingerprint density at radius 3 is 2.64 bits per heavy atom. The predicted octanol–water partition coefficient (Wildman–Crippen LogP) is 0.687. The Hall–Kier alpha value is -2.36. The molecule has 0 aliphatic rings. The number of thioether (sulfide) groups is 1. The number of hydrogen-bond donors (Lipinski definition) is 1. The fourth-order valence-electron chi connectivity index (χ4n) is 2.38. The molecule has 0 spiro atoms. The largest absolute Gasteiger partial charge is 0.384 e. The lowest BCUT2D eigenvalue weighted by atomic mass is 10.2. The van der Waals surface area contributed by atoms with Crippen LogP contribution in [0, 0.1) is 0 Å². The molecule has 2 N–H and O–H groups in total. The van der Waals surface area contributed by atoms with E-state index in [1.165, 1.54) is 23.4 Å². The van der Waals surface area contributed by atoms with Crippen molar-refractivity contribution in [3.63, 3.8) is 0 Å². The van der Waals surface area contributed by atoms with Crippen LogP contribution in [0.5, 0.6) is 0 Å². The van der Waals surface area contributed by atoms with Gasteiger partial charge in [-0.25, -0.2) is 4.79 Å². The lowest BCUT2D eigenvalue weighted by Gasteiger charge is -2.14. The summed E-state index contributed by atoms with van der Waals surface area (Å²) < 4.78 is 4.01. The maximum atomic E-state index is 12.6. The average molecular weight is 366 g/mol. The molecular weight excluding hydrogens is 344 g/mol. The molecule has 0 unspecified atom stereocenters. The smallest absolute Gasteiger partial charge is 0.332 e. The molecule has 0 amide bonds. The molecule has 0 atom stereocenters. The van der Waals surface area contributed by atoms with Crippen molar-refractivity contribution < 1.29 is 4.79 Å². The first-order valence-corrected chi connectivity index (χ1v) is 8.92. The average Bonchev–Trinajstić information content (AvgIpc) is 3.04. The van der Waals surface area contributed by atoms with E-state index in [-0.39, 0.29) is 23.2 Å². The predicted molar refractivity (Wildman–Crippen MR) is 96.1 cm³/mol. The third-order valence-electron chi connectivity index (χ3n) is 3.74. The highest BCUT2D eigenvalue weighted by atomic mass is 32.2. The van der Waals surface area contributed by atoms with Gasteiger partial charge in [-0.1, -0.05) is 18.7 Å². The van der Waals surface area contributed by atoms with Crippen molar-refractivity contribution in [3.05, 3.63) is 32.7 Å². The molecular formula is C15H22N6O3S. The molecule has 25 heavy (non-hydrogen) atoms. The molecule has 2 rings (SSSR count). The molecule has 136 valence electrons. The monoisotopic (exact) mass is 366 g/mol. The summed E-state index contributed by atoms with van der Waals surface area (Å²) in [6.07, 6.45) is 2.24. The number of carbonyl (C=O) groups excluding carboxylic acids is 1. The van der Waals surface area contributed by atoms with Crippen LogP contribution in [0.4, 0.5) is 5.82 Å². The lowest BCUT2D eigenvalue weighted by Crippen LogP contribution is -2.42. The molecule has 10 heteroatoms. The summed E-state index contributed by atoms with van der Waals surface area (Å²) >= 11 is 1.18. The van der Waals surface area contributed by atoms with Crippen LogP contribution in [0.3, 0.4) is 0 Å². The fourth-order valence-corrected chi connectivity index (χ4v) is 3.29. The van der Waals surface area contributed by atoms with Gasteiger partial charge in [-0.2, -0.15) is 0 Å². The first-order chi connectivity index (χ1) is 11.8. The third-order valence-corrected chi connectivity index (χ3v) is 4.70. The number of aromatic nitrogens is 5. The van der Waals surface area contributed by atoms with Crippen LogP contribution < -0.4 is 17.0 Å². The fraction of sp³-hybridized carbons (Fsp3) is 0.533. The van der Waals surface area contributed by atoms with E-state index < -0.39 is 17.0 Å². The number of carbonyl (C=O) groups is 1. The van der Waals surface area contributed by atoms with Gasteiger partial charge in [-0.05, 0) is 20.3 Å². The maximum absolute atomic E-state index is 12.6. The zero-order chi connectivity index (χ0) is 18.7. The molecule has 0 radical (unpaired) electrons. The maximum Gasteiger partial charge on any atom is 0.332 e. The van der Waals surface area contributed by atoms with Crippen molar-refractivity contribution in [1.29, 1.82) is 0 Å². The number of hydrogen-bond acceptors (Lipinski definition) is 7. The van der Waals surface area contributed by atoms with E-state index in [9.17, 15) is 14.4 Å². The van der Waals surface area contributed by atoms with Crippen molar-refractivity contribution in [2.45, 2.75) is 44.9 Å². The van der Waals surface area contributed by atoms with Gasteiger partial charge in [0.2, 0.25) is 0 Å². The minimum Gasteiger partial charge on any atom is -0.384 e. The molecule has 0 aliphatic heterocycles. The third kappa shape index (κ3) is 3.68. The first kappa shape index (κ1) is 19.0. The molecule has 2 heterocycles. The first-order valence-electron chi connectivity index (χ1n) is 7.94. The zero-order valence-corrected chi connectivity index (χ0v) is 15.5. The Morgan fingerprint density at radius 1 is 1.36 bits per heavy atom. The van der Waals surface area contributed by atoms with Gasteiger partial charge in [-0.15, -0.1) is 10.2 Å². The van der Waals surface area contributed by atoms with E-state index in [1.807, 2.05) is 25.3 Å². The number of anilines is 1. The van der Waals surface area contributed by atoms with Gasteiger partial charge < -0.3 is 10.3 Å². The number of nitrogens with zero attached hydrogens (tertiary/aromatic N) is 5. The van der Waals surface area contributed by atoms with E-state index in [2.05, 4.69) is 10.2 Å². The van der Waals surface area contributed by atoms with Gasteiger partial charge in [0.05, 0.1) is 5.75 Å². The molecule has 9 nitrogen and oxygen atoms in total. The second-order valence-electron chi connectivity index (χ2n) is 5.89. The van der Waals surface area contributed by atoms with E-state index in [0.29, 0.717) is 18.1 Å². The van der Waals surface area contributed by atoms with Gasteiger partial charge in [0.1, 0.15) is 17.7 Å². The van der Waals surface area contributed by atoms with Crippen molar-refractivity contribution in [2.75, 3.05) is 11.5 Å². The highest BCUT2D eigenvalue weighted by Gasteiger charge is 2.22. The minimum absolute atomic E-state index is 0.0187. The van der Waals surface area contributed by atoms with Crippen LogP contribution in [0.25, 0.3) is 0 Å². The molecule has 0 aliphatic carbocycles. The Kier molecular flexibility index (Phi) is 5.83. The standard InChI is InChI=1S/C15H22N6O3S/c1-5-6-20-12(16)11(13(23)19(4)15(20)24)10(22)7-25-14-18-17-8-21(14)9(2)3/h8-9H,5-7,16H2,1-4H3. The van der Waals surface area contributed by atoms with Crippen molar-refractivity contribution in [2.24, 2.45) is 7.05 Å². The molecule has 0 saturated heterocycles. The van der Waals surface area contributed by atoms with Gasteiger partial charge in [0.15, 0.2) is 10.9 Å². The van der Waals surface area contributed by atoms with Crippen LogP contribution in [-0.4, -0.2) is 35.4 Å². The normalized spacial score (nSPS) is 11.2. The van der Waals surface area contributed by atoms with Gasteiger partial charge in [0.25, 0.3) is 5.56 Å². The summed E-state index contributed by atoms with van der Waals surface area (Å²) in [6.45, 7) is 6.17. The van der Waals surface area contributed by atoms with Crippen molar-refractivity contribution >= 4 is 23.4 Å². The summed E-state index contributed by atoms with van der Waals surface area (Å²) in [5.74, 6) is -0.535. The van der Waals surface area contributed by atoms with Crippen LogP contribution in [0.1, 0.15) is 43.6 Å². The molecule has 0 saturated carbocycles. The minimum atomic E-state index is -0.675. The van der Waals surface area contributed by atoms with E-state index in [0.717, 1.165) is 4.57 Å². The van der Waals surface area contributed by atoms with Crippen LogP contribution in [-0.2, 0) is 13.6 Å². The molecule has 2 aromatic heterocycles. The lowest BCUT2D eigenvalue weighted by molar-refractivity contribution is 0.102. The molecule has 0 bridgehead atoms. The number of nitrogens with two attached hydrogens (primary N) is 1. The van der Waals surface area contributed by atoms with E-state index in [4.69, 9.17) is 5.73 Å². The number of Topliss-reactive ketones (excluding diaryl/α,β-unsaturated/α-hetero) is 1. The summed E-state index contributed by atoms with van der Waals surface area (Å²) in [5.41, 5.74) is 4.60. The Bertz CT molecular complexity index is 896. The summed E-state index contributed by atoms with van der Waals surface area (Å²) in [5, 5.41) is 8.40. The summed E-state index contributed by atoms with van der Waals surface area (Å²) in [6, 6.07) is 0.150. The second kappa shape index (κ2) is 7.68. The van der Waals surface area contributed by atoms with E-state index in [1.54, 1.807) is 6.33 Å².